The Morgan fingerprint density at radius 3 is 2.12 bits per heavy atom. The molecule has 5 nitrogen and oxygen atoms in total. The molecule has 134 valence electrons. The minimum atomic E-state index is -0.304. The van der Waals surface area contributed by atoms with Crippen LogP contribution in [0.15, 0.2) is 42.5 Å². The molecule has 1 heterocycles. The van der Waals surface area contributed by atoms with Crippen molar-refractivity contribution in [3.63, 3.8) is 0 Å². The van der Waals surface area contributed by atoms with Gasteiger partial charge in [0.1, 0.15) is 0 Å². The second-order valence-corrected chi connectivity index (χ2v) is 7.77. The van der Waals surface area contributed by atoms with Crippen LogP contribution in [0.3, 0.4) is 0 Å². The molecule has 5 aliphatic rings. The number of imide groups is 1. The molecule has 4 aliphatic carbocycles. The average molecular weight is 351 g/mol. The maximum Gasteiger partial charge on any atom is 0.309 e. The molecular weight excluding hydrogens is 330 g/mol. The Bertz CT molecular complexity index is 779. The van der Waals surface area contributed by atoms with Gasteiger partial charge in [0.2, 0.25) is 11.8 Å². The van der Waals surface area contributed by atoms with Gasteiger partial charge in [0.25, 0.3) is 0 Å². The van der Waals surface area contributed by atoms with Crippen LogP contribution in [0.5, 0.6) is 0 Å². The van der Waals surface area contributed by atoms with Gasteiger partial charge in [-0.05, 0) is 36.2 Å². The van der Waals surface area contributed by atoms with E-state index in [1.165, 1.54) is 4.90 Å². The summed E-state index contributed by atoms with van der Waals surface area (Å²) in [5, 5.41) is 0. The molecule has 2 saturated carbocycles. The number of nitrogens with zero attached hydrogens (tertiary/aromatic N) is 1. The monoisotopic (exact) mass is 351 g/mol. The van der Waals surface area contributed by atoms with Crippen LogP contribution in [-0.4, -0.2) is 29.3 Å². The number of hydrogen-bond donors (Lipinski definition) is 0. The highest BCUT2D eigenvalue weighted by Gasteiger charge is 2.73. The summed E-state index contributed by atoms with van der Waals surface area (Å²) < 4.78 is 5.21. The van der Waals surface area contributed by atoms with Gasteiger partial charge in [-0.25, -0.2) is 0 Å². The minimum absolute atomic E-state index is 0.0124. The number of benzene rings is 1. The number of carbonyl (C=O) groups is 3. The van der Waals surface area contributed by atoms with E-state index in [1.54, 1.807) is 6.92 Å². The van der Waals surface area contributed by atoms with E-state index in [4.69, 9.17) is 4.74 Å². The van der Waals surface area contributed by atoms with Crippen molar-refractivity contribution < 1.29 is 19.1 Å². The molecule has 0 radical (unpaired) electrons. The van der Waals surface area contributed by atoms with Crippen LogP contribution in [0.4, 0.5) is 0 Å². The first kappa shape index (κ1) is 15.8. The Hall–Kier alpha value is -2.43. The second-order valence-electron chi connectivity index (χ2n) is 7.77. The Morgan fingerprint density at radius 2 is 1.58 bits per heavy atom. The molecule has 6 atom stereocenters. The van der Waals surface area contributed by atoms with Crippen LogP contribution in [0.25, 0.3) is 0 Å². The smallest absolute Gasteiger partial charge is 0.309 e. The van der Waals surface area contributed by atoms with Crippen LogP contribution < -0.4 is 0 Å². The van der Waals surface area contributed by atoms with E-state index in [9.17, 15) is 14.4 Å². The summed E-state index contributed by atoms with van der Waals surface area (Å²) in [5.74, 6) is -0.757. The standard InChI is InChI=1S/C21H21NO4/c1-2-26-21(25)18-14-12-8-9-13(15(14)18)17-16(12)19(23)22(20(17)24)10-11-6-4-3-5-7-11/h3-9,12-18H,2,10H2,1H3/t12-,13-,14-,15-,16+,17+/m1/s1. The Kier molecular flexibility index (Phi) is 3.36. The van der Waals surface area contributed by atoms with Gasteiger partial charge in [-0.3, -0.25) is 19.3 Å². The second kappa shape index (κ2) is 5.53. The zero-order valence-corrected chi connectivity index (χ0v) is 14.6. The number of ether oxygens (including phenoxy) is 1. The summed E-state index contributed by atoms with van der Waals surface area (Å²) in [6, 6.07) is 9.62. The van der Waals surface area contributed by atoms with Crippen LogP contribution in [-0.2, 0) is 25.7 Å². The average Bonchev–Trinajstić information content (AvgIpc) is 3.38. The lowest BCUT2D eigenvalue weighted by Gasteiger charge is -2.37. The molecule has 0 unspecified atom stereocenters. The molecular formula is C21H21NO4. The van der Waals surface area contributed by atoms with E-state index in [0.29, 0.717) is 13.2 Å². The van der Waals surface area contributed by atoms with Crippen LogP contribution in [0.2, 0.25) is 0 Å². The number of allylic oxidation sites excluding steroid dienone is 2. The number of hydrogen-bond acceptors (Lipinski definition) is 4. The summed E-state index contributed by atoms with van der Waals surface area (Å²) in [6.07, 6.45) is 4.15. The third-order valence-electron chi connectivity index (χ3n) is 6.64. The molecule has 6 rings (SSSR count). The first-order valence-corrected chi connectivity index (χ1v) is 9.37. The molecule has 1 aliphatic heterocycles. The van der Waals surface area contributed by atoms with Crippen molar-refractivity contribution in [2.24, 2.45) is 41.4 Å². The zero-order valence-electron chi connectivity index (χ0n) is 14.6. The fraction of sp³-hybridized carbons (Fsp3) is 0.476. The largest absolute Gasteiger partial charge is 0.466 e. The first-order chi connectivity index (χ1) is 12.6. The fourth-order valence-electron chi connectivity index (χ4n) is 5.64. The van der Waals surface area contributed by atoms with Crippen molar-refractivity contribution in [1.29, 1.82) is 0 Å². The van der Waals surface area contributed by atoms with Gasteiger partial charge >= 0.3 is 5.97 Å². The van der Waals surface area contributed by atoms with Crippen molar-refractivity contribution in [3.05, 3.63) is 48.0 Å². The predicted molar refractivity (Wildman–Crippen MR) is 92.2 cm³/mol. The molecule has 0 spiro atoms. The van der Waals surface area contributed by atoms with Crippen LogP contribution in [0.1, 0.15) is 12.5 Å². The molecule has 3 fully saturated rings. The summed E-state index contributed by atoms with van der Waals surface area (Å²) in [7, 11) is 0. The third-order valence-corrected chi connectivity index (χ3v) is 6.64. The topological polar surface area (TPSA) is 63.7 Å². The first-order valence-electron chi connectivity index (χ1n) is 9.37. The minimum Gasteiger partial charge on any atom is -0.466 e. The van der Waals surface area contributed by atoms with Gasteiger partial charge in [0, 0.05) is 0 Å². The van der Waals surface area contributed by atoms with Crippen molar-refractivity contribution in [2.75, 3.05) is 6.61 Å². The van der Waals surface area contributed by atoms with Crippen molar-refractivity contribution in [3.8, 4) is 0 Å². The highest BCUT2D eigenvalue weighted by Crippen LogP contribution is 2.69. The number of esters is 1. The molecule has 2 bridgehead atoms. The maximum atomic E-state index is 13.1. The fourth-order valence-corrected chi connectivity index (χ4v) is 5.64. The summed E-state index contributed by atoms with van der Waals surface area (Å²) in [5.41, 5.74) is 0.961. The van der Waals surface area contributed by atoms with Gasteiger partial charge in [-0.15, -0.1) is 0 Å². The number of amides is 2. The van der Waals surface area contributed by atoms with Crippen molar-refractivity contribution >= 4 is 17.8 Å². The van der Waals surface area contributed by atoms with Crippen LogP contribution in [0, 0.1) is 41.4 Å². The Morgan fingerprint density at radius 1 is 1.00 bits per heavy atom. The van der Waals surface area contributed by atoms with E-state index in [1.807, 2.05) is 30.3 Å². The van der Waals surface area contributed by atoms with E-state index in [-0.39, 0.29) is 59.2 Å². The van der Waals surface area contributed by atoms with Gasteiger partial charge in [0.15, 0.2) is 0 Å². The lowest BCUT2D eigenvalue weighted by Crippen LogP contribution is -2.40. The number of likely N-dealkylation sites (tertiary alicyclic amines) is 1. The highest BCUT2D eigenvalue weighted by atomic mass is 16.5. The van der Waals surface area contributed by atoms with E-state index in [2.05, 4.69) is 12.2 Å². The molecule has 5 heteroatoms. The normalized spacial score (nSPS) is 39.0. The lowest BCUT2D eigenvalue weighted by atomic mass is 9.63. The van der Waals surface area contributed by atoms with E-state index < -0.39 is 0 Å². The predicted octanol–water partition coefficient (Wildman–Crippen LogP) is 2.03. The molecule has 0 N–H and O–H groups in total. The summed E-state index contributed by atoms with van der Waals surface area (Å²) in [6.45, 7) is 2.51. The van der Waals surface area contributed by atoms with Gasteiger partial charge in [-0.1, -0.05) is 42.5 Å². The zero-order chi connectivity index (χ0) is 18.0. The number of rotatable bonds is 4. The Labute approximate surface area is 152 Å². The quantitative estimate of drug-likeness (QED) is 0.473. The molecule has 0 aromatic heterocycles. The molecule has 26 heavy (non-hydrogen) atoms. The van der Waals surface area contributed by atoms with Gasteiger partial charge in [0.05, 0.1) is 30.9 Å². The number of carbonyl (C=O) groups excluding carboxylic acids is 3. The maximum absolute atomic E-state index is 13.1. The SMILES string of the molecule is CCOC(=O)C1[C@@H]2[C@H]3C=C[C@@H]([C@@H]4C(=O)N(Cc5ccccc5)C(=O)[C@@H]34)[C@@H]12. The van der Waals surface area contributed by atoms with E-state index in [0.717, 1.165) is 5.56 Å². The summed E-state index contributed by atoms with van der Waals surface area (Å²) in [4.78, 5) is 39.8. The molecule has 1 aromatic rings. The molecule has 2 amide bonds. The van der Waals surface area contributed by atoms with Crippen LogP contribution >= 0.6 is 0 Å². The lowest BCUT2D eigenvalue weighted by molar-refractivity contribution is -0.146. The van der Waals surface area contributed by atoms with E-state index >= 15 is 0 Å². The Balaban J connectivity index is 1.41. The molecule has 1 aromatic carbocycles. The highest BCUT2D eigenvalue weighted by molar-refractivity contribution is 6.06. The summed E-state index contributed by atoms with van der Waals surface area (Å²) >= 11 is 0. The molecule has 1 saturated heterocycles. The third kappa shape index (κ3) is 2.00. The van der Waals surface area contributed by atoms with Crippen molar-refractivity contribution in [1.82, 2.24) is 4.90 Å². The van der Waals surface area contributed by atoms with Gasteiger partial charge in [-0.2, -0.15) is 0 Å². The van der Waals surface area contributed by atoms with Gasteiger partial charge < -0.3 is 4.74 Å². The van der Waals surface area contributed by atoms with Crippen molar-refractivity contribution in [2.45, 2.75) is 13.5 Å².